The summed E-state index contributed by atoms with van der Waals surface area (Å²) in [5, 5.41) is 12.7. The molecule has 1 saturated heterocycles. The van der Waals surface area contributed by atoms with Gasteiger partial charge in [0.25, 0.3) is 0 Å². The summed E-state index contributed by atoms with van der Waals surface area (Å²) in [6.45, 7) is 2.11. The van der Waals surface area contributed by atoms with Gasteiger partial charge in [0, 0.05) is 18.3 Å². The van der Waals surface area contributed by atoms with Crippen molar-refractivity contribution in [3.63, 3.8) is 0 Å². The van der Waals surface area contributed by atoms with Crippen LogP contribution in [0.15, 0.2) is 18.2 Å². The Bertz CT molecular complexity index is 467. The van der Waals surface area contributed by atoms with E-state index in [0.29, 0.717) is 16.6 Å². The molecule has 2 rings (SSSR count). The molecule has 1 aromatic carbocycles. The first-order valence-corrected chi connectivity index (χ1v) is 7.25. The second-order valence-electron chi connectivity index (χ2n) is 5.01. The van der Waals surface area contributed by atoms with E-state index in [4.69, 9.17) is 16.9 Å². The summed E-state index contributed by atoms with van der Waals surface area (Å²) < 4.78 is 0. The molecule has 0 aliphatic carbocycles. The second-order valence-corrected chi connectivity index (χ2v) is 5.42. The minimum atomic E-state index is 0.550. The lowest BCUT2D eigenvalue weighted by Crippen LogP contribution is -2.41. The summed E-state index contributed by atoms with van der Waals surface area (Å²) >= 11 is 6.14. The van der Waals surface area contributed by atoms with Crippen molar-refractivity contribution in [1.29, 1.82) is 5.26 Å². The Morgan fingerprint density at radius 2 is 2.32 bits per heavy atom. The summed E-state index contributed by atoms with van der Waals surface area (Å²) in [4.78, 5) is 2.44. The molecular formula is C15H20ClN3. The largest absolute Gasteiger partial charge is 0.368 e. The van der Waals surface area contributed by atoms with Gasteiger partial charge in [-0.25, -0.2) is 0 Å². The number of halogens is 1. The molecule has 0 saturated carbocycles. The molecule has 1 atom stereocenters. The molecule has 102 valence electrons. The number of piperidine rings is 1. The molecule has 19 heavy (non-hydrogen) atoms. The van der Waals surface area contributed by atoms with Crippen LogP contribution in [0.3, 0.4) is 0 Å². The first-order valence-electron chi connectivity index (χ1n) is 6.87. The number of hydrogen-bond acceptors (Lipinski definition) is 3. The van der Waals surface area contributed by atoms with Gasteiger partial charge in [-0.2, -0.15) is 5.26 Å². The van der Waals surface area contributed by atoms with Crippen LogP contribution in [-0.4, -0.2) is 26.2 Å². The smallest absolute Gasteiger partial charge is 0.101 e. The number of hydrogen-bond donors (Lipinski definition) is 1. The number of benzene rings is 1. The summed E-state index contributed by atoms with van der Waals surface area (Å²) in [6, 6.07) is 8.45. The summed E-state index contributed by atoms with van der Waals surface area (Å²) in [5.41, 5.74) is 1.69. The summed E-state index contributed by atoms with van der Waals surface area (Å²) in [5.74, 6) is 0. The van der Waals surface area contributed by atoms with Gasteiger partial charge in [-0.15, -0.1) is 0 Å². The average molecular weight is 278 g/mol. The van der Waals surface area contributed by atoms with E-state index in [-0.39, 0.29) is 0 Å². The zero-order chi connectivity index (χ0) is 13.7. The third-order valence-corrected chi connectivity index (χ3v) is 4.07. The molecule has 0 spiro atoms. The third kappa shape index (κ3) is 3.40. The van der Waals surface area contributed by atoms with Gasteiger partial charge in [0.05, 0.1) is 10.6 Å². The van der Waals surface area contributed by atoms with Gasteiger partial charge in [-0.3, -0.25) is 0 Å². The highest BCUT2D eigenvalue weighted by molar-refractivity contribution is 6.32. The fourth-order valence-electron chi connectivity index (χ4n) is 2.72. The van der Waals surface area contributed by atoms with Crippen LogP contribution in [0, 0.1) is 11.3 Å². The highest BCUT2D eigenvalue weighted by Crippen LogP contribution is 2.29. The molecule has 0 bridgehead atoms. The Labute approximate surface area is 120 Å². The predicted molar refractivity (Wildman–Crippen MR) is 79.7 cm³/mol. The third-order valence-electron chi connectivity index (χ3n) is 3.76. The fourth-order valence-corrected chi connectivity index (χ4v) is 2.94. The maximum Gasteiger partial charge on any atom is 0.101 e. The quantitative estimate of drug-likeness (QED) is 0.919. The molecule has 0 radical (unpaired) electrons. The lowest BCUT2D eigenvalue weighted by atomic mass is 9.98. The SMILES string of the molecule is CNCCC1CCCCN1c1ccc(C#N)c(Cl)c1. The van der Waals surface area contributed by atoms with E-state index >= 15 is 0 Å². The minimum absolute atomic E-state index is 0.550. The number of nitriles is 1. The normalized spacial score (nSPS) is 19.2. The van der Waals surface area contributed by atoms with Crippen LogP contribution >= 0.6 is 11.6 Å². The van der Waals surface area contributed by atoms with Crippen molar-refractivity contribution >= 4 is 17.3 Å². The molecule has 0 aromatic heterocycles. The maximum absolute atomic E-state index is 8.93. The second kappa shape index (κ2) is 6.79. The first-order chi connectivity index (χ1) is 9.26. The lowest BCUT2D eigenvalue weighted by Gasteiger charge is -2.38. The van der Waals surface area contributed by atoms with Crippen molar-refractivity contribution in [3.8, 4) is 6.07 Å². The van der Waals surface area contributed by atoms with Crippen molar-refractivity contribution in [1.82, 2.24) is 5.32 Å². The highest BCUT2D eigenvalue weighted by Gasteiger charge is 2.22. The molecule has 1 aromatic rings. The Morgan fingerprint density at radius 1 is 1.47 bits per heavy atom. The Morgan fingerprint density at radius 3 is 3.00 bits per heavy atom. The van der Waals surface area contributed by atoms with Crippen LogP contribution in [0.4, 0.5) is 5.69 Å². The molecule has 1 unspecified atom stereocenters. The van der Waals surface area contributed by atoms with Crippen molar-refractivity contribution < 1.29 is 0 Å². The molecule has 4 heteroatoms. The van der Waals surface area contributed by atoms with E-state index in [2.05, 4.69) is 16.3 Å². The van der Waals surface area contributed by atoms with Crippen molar-refractivity contribution in [2.45, 2.75) is 31.7 Å². The van der Waals surface area contributed by atoms with E-state index in [0.717, 1.165) is 25.2 Å². The number of nitrogens with one attached hydrogen (secondary N) is 1. The molecule has 1 N–H and O–H groups in total. The highest BCUT2D eigenvalue weighted by atomic mass is 35.5. The molecule has 3 nitrogen and oxygen atoms in total. The van der Waals surface area contributed by atoms with Gasteiger partial charge in [0.2, 0.25) is 0 Å². The number of rotatable bonds is 4. The summed E-state index contributed by atoms with van der Waals surface area (Å²) in [7, 11) is 1.99. The molecule has 0 amide bonds. The van der Waals surface area contributed by atoms with E-state index in [1.165, 1.54) is 19.3 Å². The van der Waals surface area contributed by atoms with Crippen molar-refractivity contribution in [2.75, 3.05) is 25.0 Å². The standard InChI is InChI=1S/C15H20ClN3/c1-18-8-7-13-4-2-3-9-19(13)14-6-5-12(11-17)15(16)10-14/h5-6,10,13,18H,2-4,7-9H2,1H3. The van der Waals surface area contributed by atoms with Crippen LogP contribution in [0.1, 0.15) is 31.2 Å². The van der Waals surface area contributed by atoms with Crippen molar-refractivity contribution in [3.05, 3.63) is 28.8 Å². The van der Waals surface area contributed by atoms with E-state index in [1.54, 1.807) is 0 Å². The molecule has 1 heterocycles. The summed E-state index contributed by atoms with van der Waals surface area (Å²) in [6.07, 6.45) is 4.91. The number of anilines is 1. The molecule has 1 fully saturated rings. The average Bonchev–Trinajstić information content (AvgIpc) is 2.45. The Balaban J connectivity index is 2.17. The van der Waals surface area contributed by atoms with Crippen molar-refractivity contribution in [2.24, 2.45) is 0 Å². The maximum atomic E-state index is 8.93. The van der Waals surface area contributed by atoms with Gasteiger partial charge in [-0.05, 0) is 57.5 Å². The van der Waals surface area contributed by atoms with Crippen LogP contribution in [0.25, 0.3) is 0 Å². The van der Waals surface area contributed by atoms with Gasteiger partial charge in [-0.1, -0.05) is 11.6 Å². The Hall–Kier alpha value is -1.24. The Kier molecular flexibility index (Phi) is 5.07. The zero-order valence-corrected chi connectivity index (χ0v) is 12.1. The monoisotopic (exact) mass is 277 g/mol. The molecular weight excluding hydrogens is 258 g/mol. The van der Waals surface area contributed by atoms with Gasteiger partial charge >= 0.3 is 0 Å². The topological polar surface area (TPSA) is 39.1 Å². The molecule has 1 aliphatic rings. The van der Waals surface area contributed by atoms with Crippen LogP contribution in [0.2, 0.25) is 5.02 Å². The fraction of sp³-hybridized carbons (Fsp3) is 0.533. The van der Waals surface area contributed by atoms with Crippen LogP contribution < -0.4 is 10.2 Å². The van der Waals surface area contributed by atoms with E-state index < -0.39 is 0 Å². The van der Waals surface area contributed by atoms with Crippen LogP contribution in [0.5, 0.6) is 0 Å². The molecule has 1 aliphatic heterocycles. The first kappa shape index (κ1) is 14.2. The predicted octanol–water partition coefficient (Wildman–Crippen LogP) is 3.18. The van der Waals surface area contributed by atoms with Gasteiger partial charge in [0.15, 0.2) is 0 Å². The lowest BCUT2D eigenvalue weighted by molar-refractivity contribution is 0.433. The zero-order valence-electron chi connectivity index (χ0n) is 11.3. The van der Waals surface area contributed by atoms with E-state index in [1.807, 2.05) is 25.2 Å². The van der Waals surface area contributed by atoms with Gasteiger partial charge in [0.1, 0.15) is 6.07 Å². The van der Waals surface area contributed by atoms with E-state index in [9.17, 15) is 0 Å². The van der Waals surface area contributed by atoms with Crippen LogP contribution in [-0.2, 0) is 0 Å². The minimum Gasteiger partial charge on any atom is -0.368 e. The van der Waals surface area contributed by atoms with Gasteiger partial charge < -0.3 is 10.2 Å². The number of nitrogens with zero attached hydrogens (tertiary/aromatic N) is 2.